The first-order valence-corrected chi connectivity index (χ1v) is 8.71. The van der Waals surface area contributed by atoms with Gasteiger partial charge in [-0.25, -0.2) is 8.42 Å². The number of hydrogen-bond donors (Lipinski definition) is 1. The molecule has 122 valence electrons. The van der Waals surface area contributed by atoms with Crippen molar-refractivity contribution in [3.8, 4) is 0 Å². The lowest BCUT2D eigenvalue weighted by atomic mass is 10.1. The van der Waals surface area contributed by atoms with E-state index in [2.05, 4.69) is 5.32 Å². The van der Waals surface area contributed by atoms with Crippen molar-refractivity contribution in [1.82, 2.24) is 9.62 Å². The van der Waals surface area contributed by atoms with Crippen molar-refractivity contribution in [2.75, 3.05) is 20.1 Å². The van der Waals surface area contributed by atoms with E-state index < -0.39 is 14.9 Å². The van der Waals surface area contributed by atoms with Crippen molar-refractivity contribution in [3.63, 3.8) is 0 Å². The summed E-state index contributed by atoms with van der Waals surface area (Å²) in [7, 11) is -1.93. The Morgan fingerprint density at radius 2 is 1.95 bits per heavy atom. The summed E-state index contributed by atoms with van der Waals surface area (Å²) < 4.78 is 26.6. The van der Waals surface area contributed by atoms with Crippen LogP contribution in [0.2, 0.25) is 5.02 Å². The van der Waals surface area contributed by atoms with Gasteiger partial charge < -0.3 is 5.32 Å². The third-order valence-electron chi connectivity index (χ3n) is 3.99. The molecule has 0 spiro atoms. The van der Waals surface area contributed by atoms with Crippen LogP contribution < -0.4 is 5.32 Å². The van der Waals surface area contributed by atoms with Gasteiger partial charge in [0.05, 0.1) is 14.8 Å². The van der Waals surface area contributed by atoms with Gasteiger partial charge in [-0.1, -0.05) is 11.6 Å². The average molecular weight is 348 g/mol. The molecule has 1 fully saturated rings. The fourth-order valence-electron chi connectivity index (χ4n) is 2.51. The number of halogens is 1. The molecule has 7 nitrogen and oxygen atoms in total. The molecule has 0 amide bonds. The highest BCUT2D eigenvalue weighted by Crippen LogP contribution is 2.31. The number of sulfonamides is 1. The van der Waals surface area contributed by atoms with Gasteiger partial charge in [-0.15, -0.1) is 0 Å². The van der Waals surface area contributed by atoms with E-state index >= 15 is 0 Å². The van der Waals surface area contributed by atoms with Crippen LogP contribution in [0.4, 0.5) is 5.69 Å². The molecular weight excluding hydrogens is 330 g/mol. The van der Waals surface area contributed by atoms with Gasteiger partial charge in [0, 0.05) is 30.8 Å². The molecule has 0 radical (unpaired) electrons. The minimum Gasteiger partial charge on any atom is -0.317 e. The van der Waals surface area contributed by atoms with Gasteiger partial charge in [0.25, 0.3) is 5.69 Å². The predicted octanol–water partition coefficient (Wildman–Crippen LogP) is 1.93. The van der Waals surface area contributed by atoms with Crippen molar-refractivity contribution in [1.29, 1.82) is 0 Å². The molecular formula is C13H18ClN3O4S. The zero-order valence-electron chi connectivity index (χ0n) is 12.4. The number of nitro groups is 1. The lowest BCUT2D eigenvalue weighted by Gasteiger charge is -2.31. The molecule has 0 unspecified atom stereocenters. The van der Waals surface area contributed by atoms with Crippen LogP contribution in [0.15, 0.2) is 17.0 Å². The Morgan fingerprint density at radius 3 is 2.45 bits per heavy atom. The molecule has 9 heteroatoms. The van der Waals surface area contributed by atoms with E-state index in [-0.39, 0.29) is 21.2 Å². The first kappa shape index (κ1) is 17.1. The summed E-state index contributed by atoms with van der Waals surface area (Å²) >= 11 is 5.96. The number of nitrogens with zero attached hydrogens (tertiary/aromatic N) is 2. The number of hydrogen-bond acceptors (Lipinski definition) is 5. The average Bonchev–Trinajstić information content (AvgIpc) is 2.49. The molecule has 1 aliphatic rings. The quantitative estimate of drug-likeness (QED) is 0.663. The molecule has 0 atom stereocenters. The smallest absolute Gasteiger partial charge is 0.275 e. The highest BCUT2D eigenvalue weighted by Gasteiger charge is 2.31. The number of nitro benzene ring substituents is 1. The second-order valence-corrected chi connectivity index (χ2v) is 7.62. The number of rotatable bonds is 4. The maximum Gasteiger partial charge on any atom is 0.275 e. The Morgan fingerprint density at radius 1 is 1.36 bits per heavy atom. The van der Waals surface area contributed by atoms with Crippen LogP contribution in [0, 0.1) is 17.0 Å². The van der Waals surface area contributed by atoms with Gasteiger partial charge in [-0.3, -0.25) is 10.1 Å². The van der Waals surface area contributed by atoms with Crippen LogP contribution in [0.1, 0.15) is 18.4 Å². The van der Waals surface area contributed by atoms with Crippen molar-refractivity contribution in [2.45, 2.75) is 30.7 Å². The highest BCUT2D eigenvalue weighted by atomic mass is 35.5. The molecule has 0 saturated carbocycles. The minimum absolute atomic E-state index is 0.0814. The molecule has 22 heavy (non-hydrogen) atoms. The second kappa shape index (κ2) is 6.49. The Kier molecular flexibility index (Phi) is 5.06. The summed E-state index contributed by atoms with van der Waals surface area (Å²) in [5.74, 6) is 0. The maximum atomic E-state index is 12.6. The topological polar surface area (TPSA) is 92.6 Å². The molecule has 1 aliphatic heterocycles. The zero-order chi connectivity index (χ0) is 16.5. The van der Waals surface area contributed by atoms with E-state index in [1.54, 1.807) is 0 Å². The minimum atomic E-state index is -3.77. The Labute approximate surface area is 134 Å². The summed E-state index contributed by atoms with van der Waals surface area (Å²) in [6.45, 7) is 2.26. The van der Waals surface area contributed by atoms with E-state index in [4.69, 9.17) is 11.6 Å². The lowest BCUT2D eigenvalue weighted by Crippen LogP contribution is -2.43. The molecule has 1 heterocycles. The first-order chi connectivity index (χ1) is 10.3. The van der Waals surface area contributed by atoms with Crippen molar-refractivity contribution in [2.24, 2.45) is 0 Å². The van der Waals surface area contributed by atoms with Crippen LogP contribution in [-0.2, 0) is 10.0 Å². The molecule has 1 saturated heterocycles. The zero-order valence-corrected chi connectivity index (χ0v) is 13.9. The maximum absolute atomic E-state index is 12.6. The van der Waals surface area contributed by atoms with Crippen LogP contribution in [0.3, 0.4) is 0 Å². The van der Waals surface area contributed by atoms with E-state index in [0.29, 0.717) is 32.0 Å². The molecule has 0 aliphatic carbocycles. The summed E-state index contributed by atoms with van der Waals surface area (Å²) in [5, 5.41) is 14.2. The fraction of sp³-hybridized carbons (Fsp3) is 0.538. The first-order valence-electron chi connectivity index (χ1n) is 6.89. The standard InChI is InChI=1S/C13H18ClN3O4S/c1-9-12(14)7-11(8-13(9)17(18)19)22(20,21)16-5-3-10(15-2)4-6-16/h7-8,10,15H,3-6H2,1-2H3. The molecule has 2 rings (SSSR count). The van der Waals surface area contributed by atoms with Gasteiger partial charge in [0.1, 0.15) is 0 Å². The van der Waals surface area contributed by atoms with Crippen LogP contribution in [0.25, 0.3) is 0 Å². The molecule has 1 aromatic carbocycles. The summed E-state index contributed by atoms with van der Waals surface area (Å²) in [5.41, 5.74) is -0.0179. The van der Waals surface area contributed by atoms with Gasteiger partial charge >= 0.3 is 0 Å². The Hall–Kier alpha value is -1.22. The van der Waals surface area contributed by atoms with E-state index in [9.17, 15) is 18.5 Å². The Bertz CT molecular complexity index is 685. The summed E-state index contributed by atoms with van der Waals surface area (Å²) in [6, 6.07) is 2.66. The van der Waals surface area contributed by atoms with E-state index in [1.165, 1.54) is 17.3 Å². The largest absolute Gasteiger partial charge is 0.317 e. The predicted molar refractivity (Wildman–Crippen MR) is 83.7 cm³/mol. The van der Waals surface area contributed by atoms with E-state index in [0.717, 1.165) is 6.07 Å². The third-order valence-corrected chi connectivity index (χ3v) is 6.26. The van der Waals surface area contributed by atoms with Crippen molar-refractivity contribution in [3.05, 3.63) is 32.8 Å². The van der Waals surface area contributed by atoms with Crippen LogP contribution in [0.5, 0.6) is 0 Å². The monoisotopic (exact) mass is 347 g/mol. The Balaban J connectivity index is 2.36. The summed E-state index contributed by atoms with van der Waals surface area (Å²) in [6.07, 6.45) is 1.41. The van der Waals surface area contributed by atoms with Gasteiger partial charge in [0.15, 0.2) is 0 Å². The second-order valence-electron chi connectivity index (χ2n) is 5.27. The normalized spacial score (nSPS) is 17.6. The molecule has 1 N–H and O–H groups in total. The SMILES string of the molecule is CNC1CCN(S(=O)(=O)c2cc(Cl)c(C)c([N+](=O)[O-])c2)CC1. The molecule has 0 aromatic heterocycles. The summed E-state index contributed by atoms with van der Waals surface area (Å²) in [4.78, 5) is 10.3. The number of nitrogens with one attached hydrogen (secondary N) is 1. The van der Waals surface area contributed by atoms with Crippen LogP contribution >= 0.6 is 11.6 Å². The van der Waals surface area contributed by atoms with Gasteiger partial charge in [0.2, 0.25) is 10.0 Å². The van der Waals surface area contributed by atoms with Crippen molar-refractivity contribution < 1.29 is 13.3 Å². The fourth-order valence-corrected chi connectivity index (χ4v) is 4.31. The van der Waals surface area contributed by atoms with Crippen molar-refractivity contribution >= 4 is 27.3 Å². The van der Waals surface area contributed by atoms with Gasteiger partial charge in [-0.2, -0.15) is 4.31 Å². The lowest BCUT2D eigenvalue weighted by molar-refractivity contribution is -0.385. The third kappa shape index (κ3) is 3.24. The number of benzene rings is 1. The van der Waals surface area contributed by atoms with E-state index in [1.807, 2.05) is 7.05 Å². The van der Waals surface area contributed by atoms with Crippen LogP contribution in [-0.4, -0.2) is 43.8 Å². The van der Waals surface area contributed by atoms with Gasteiger partial charge in [-0.05, 0) is 32.9 Å². The number of piperidine rings is 1. The highest BCUT2D eigenvalue weighted by molar-refractivity contribution is 7.89. The molecule has 1 aromatic rings. The molecule has 0 bridgehead atoms.